The minimum atomic E-state index is -0.353. The van der Waals surface area contributed by atoms with E-state index >= 15 is 0 Å². The molecule has 136 valence electrons. The fraction of sp³-hybridized carbons (Fsp3) is 0.130. The molecule has 0 spiro atoms. The summed E-state index contributed by atoms with van der Waals surface area (Å²) in [5.41, 5.74) is 4.64. The maximum atomic E-state index is 13.6. The third-order valence-corrected chi connectivity index (χ3v) is 4.41. The second-order valence-electron chi connectivity index (χ2n) is 6.40. The highest BCUT2D eigenvalue weighted by Gasteiger charge is 2.10. The van der Waals surface area contributed by atoms with Gasteiger partial charge in [0.15, 0.2) is 0 Å². The average molecular weight is 360 g/mol. The first-order valence-corrected chi connectivity index (χ1v) is 8.78. The summed E-state index contributed by atoms with van der Waals surface area (Å²) in [5.74, 6) is -0.622. The molecule has 27 heavy (non-hydrogen) atoms. The summed E-state index contributed by atoms with van der Waals surface area (Å²) in [7, 11) is 0. The summed E-state index contributed by atoms with van der Waals surface area (Å²) in [6, 6.07) is 16.2. The van der Waals surface area contributed by atoms with E-state index in [1.807, 2.05) is 44.3 Å². The number of pyridine rings is 1. The molecule has 0 aliphatic rings. The van der Waals surface area contributed by atoms with Crippen molar-refractivity contribution in [2.75, 3.05) is 0 Å². The van der Waals surface area contributed by atoms with Crippen LogP contribution in [0.5, 0.6) is 0 Å². The van der Waals surface area contributed by atoms with Gasteiger partial charge < -0.3 is 5.32 Å². The second-order valence-corrected chi connectivity index (χ2v) is 6.40. The van der Waals surface area contributed by atoms with E-state index in [0.717, 1.165) is 22.3 Å². The summed E-state index contributed by atoms with van der Waals surface area (Å²) < 4.78 is 13.6. The third-order valence-electron chi connectivity index (χ3n) is 4.41. The van der Waals surface area contributed by atoms with Gasteiger partial charge >= 0.3 is 0 Å². The standard InChI is InChI=1S/C23H21FN2O/c1-16-12-13-25-15-21(16)20-8-5-7-19(14-20)17(2)26-23(27)11-10-18-6-3-4-9-22(18)24/h3-15,17H,1-2H3,(H,26,27)/t17-/m0/s1. The lowest BCUT2D eigenvalue weighted by Crippen LogP contribution is -2.24. The molecule has 0 unspecified atom stereocenters. The van der Waals surface area contributed by atoms with Gasteiger partial charge in [0.25, 0.3) is 0 Å². The van der Waals surface area contributed by atoms with Gasteiger partial charge in [-0.2, -0.15) is 0 Å². The van der Waals surface area contributed by atoms with E-state index in [2.05, 4.69) is 16.4 Å². The van der Waals surface area contributed by atoms with Crippen LogP contribution in [0.2, 0.25) is 0 Å². The molecule has 0 saturated heterocycles. The van der Waals surface area contributed by atoms with Crippen molar-refractivity contribution in [3.63, 3.8) is 0 Å². The maximum Gasteiger partial charge on any atom is 0.244 e. The van der Waals surface area contributed by atoms with Gasteiger partial charge in [-0.15, -0.1) is 0 Å². The van der Waals surface area contributed by atoms with Crippen LogP contribution in [0, 0.1) is 12.7 Å². The Kier molecular flexibility index (Phi) is 5.77. The normalized spacial score (nSPS) is 12.1. The van der Waals surface area contributed by atoms with Crippen molar-refractivity contribution in [2.45, 2.75) is 19.9 Å². The number of rotatable bonds is 5. The highest BCUT2D eigenvalue weighted by Crippen LogP contribution is 2.25. The van der Waals surface area contributed by atoms with Crippen molar-refractivity contribution in [3.8, 4) is 11.1 Å². The molecule has 3 aromatic rings. The van der Waals surface area contributed by atoms with Crippen molar-refractivity contribution >= 4 is 12.0 Å². The van der Waals surface area contributed by atoms with E-state index in [1.54, 1.807) is 24.4 Å². The smallest absolute Gasteiger partial charge is 0.244 e. The highest BCUT2D eigenvalue weighted by atomic mass is 19.1. The van der Waals surface area contributed by atoms with E-state index in [9.17, 15) is 9.18 Å². The molecule has 2 aromatic carbocycles. The number of carbonyl (C=O) groups excluding carboxylic acids is 1. The monoisotopic (exact) mass is 360 g/mol. The van der Waals surface area contributed by atoms with Gasteiger partial charge in [-0.05, 0) is 54.8 Å². The molecule has 0 radical (unpaired) electrons. The SMILES string of the molecule is Cc1ccncc1-c1cccc([C@H](C)NC(=O)C=Cc2ccccc2F)c1. The summed E-state index contributed by atoms with van der Waals surface area (Å²) in [6.45, 7) is 3.96. The van der Waals surface area contributed by atoms with Crippen molar-refractivity contribution < 1.29 is 9.18 Å². The minimum Gasteiger partial charge on any atom is -0.346 e. The molecule has 1 N–H and O–H groups in total. The molecule has 0 saturated carbocycles. The number of aryl methyl sites for hydroxylation is 1. The molecule has 3 nitrogen and oxygen atoms in total. The summed E-state index contributed by atoms with van der Waals surface area (Å²) in [4.78, 5) is 16.4. The van der Waals surface area contributed by atoms with Crippen LogP contribution in [0.4, 0.5) is 4.39 Å². The van der Waals surface area contributed by atoms with Crippen LogP contribution < -0.4 is 5.32 Å². The van der Waals surface area contributed by atoms with Crippen molar-refractivity contribution in [2.24, 2.45) is 0 Å². The van der Waals surface area contributed by atoms with Crippen molar-refractivity contribution in [3.05, 3.63) is 95.6 Å². The van der Waals surface area contributed by atoms with E-state index in [0.29, 0.717) is 5.56 Å². The molecule has 1 amide bonds. The number of carbonyl (C=O) groups is 1. The molecule has 4 heteroatoms. The molecule has 1 aromatic heterocycles. The first-order chi connectivity index (χ1) is 13.0. The lowest BCUT2D eigenvalue weighted by molar-refractivity contribution is -0.117. The largest absolute Gasteiger partial charge is 0.346 e. The van der Waals surface area contributed by atoms with Crippen molar-refractivity contribution in [1.29, 1.82) is 0 Å². The van der Waals surface area contributed by atoms with Gasteiger partial charge in [-0.25, -0.2) is 4.39 Å². The summed E-state index contributed by atoms with van der Waals surface area (Å²) >= 11 is 0. The van der Waals surface area contributed by atoms with Crippen LogP contribution in [0.1, 0.15) is 29.7 Å². The Morgan fingerprint density at radius 3 is 2.74 bits per heavy atom. The molecule has 1 atom stereocenters. The Balaban J connectivity index is 1.72. The predicted octanol–water partition coefficient (Wildman–Crippen LogP) is 5.09. The Morgan fingerprint density at radius 2 is 1.96 bits per heavy atom. The number of halogens is 1. The van der Waals surface area contributed by atoms with Crippen LogP contribution in [0.25, 0.3) is 17.2 Å². The lowest BCUT2D eigenvalue weighted by Gasteiger charge is -2.15. The number of hydrogen-bond acceptors (Lipinski definition) is 2. The fourth-order valence-corrected chi connectivity index (χ4v) is 2.86. The molecule has 0 fully saturated rings. The van der Waals surface area contributed by atoms with Crippen LogP contribution in [-0.2, 0) is 4.79 Å². The first kappa shape index (κ1) is 18.5. The number of aromatic nitrogens is 1. The molecular weight excluding hydrogens is 339 g/mol. The van der Waals surface area contributed by atoms with Crippen LogP contribution in [-0.4, -0.2) is 10.9 Å². The van der Waals surface area contributed by atoms with E-state index in [4.69, 9.17) is 0 Å². The number of nitrogens with one attached hydrogen (secondary N) is 1. The maximum absolute atomic E-state index is 13.6. The van der Waals surface area contributed by atoms with Crippen LogP contribution >= 0.6 is 0 Å². The number of hydrogen-bond donors (Lipinski definition) is 1. The van der Waals surface area contributed by atoms with Gasteiger partial charge in [0.1, 0.15) is 5.82 Å². The molecule has 0 aliphatic heterocycles. The average Bonchev–Trinajstić information content (AvgIpc) is 2.68. The van der Waals surface area contributed by atoms with Crippen LogP contribution in [0.15, 0.2) is 73.1 Å². The van der Waals surface area contributed by atoms with Gasteiger partial charge in [0.05, 0.1) is 6.04 Å². The highest BCUT2D eigenvalue weighted by molar-refractivity contribution is 5.92. The van der Waals surface area contributed by atoms with Gasteiger partial charge in [-0.1, -0.05) is 36.4 Å². The second kappa shape index (κ2) is 8.41. The Labute approximate surface area is 158 Å². The number of amides is 1. The van der Waals surface area contributed by atoms with Crippen molar-refractivity contribution in [1.82, 2.24) is 10.3 Å². The zero-order chi connectivity index (χ0) is 19.2. The molecule has 1 heterocycles. The first-order valence-electron chi connectivity index (χ1n) is 8.78. The molecule has 0 aliphatic carbocycles. The predicted molar refractivity (Wildman–Crippen MR) is 106 cm³/mol. The topological polar surface area (TPSA) is 42.0 Å². The van der Waals surface area contributed by atoms with E-state index in [-0.39, 0.29) is 17.8 Å². The number of nitrogens with zero attached hydrogens (tertiary/aromatic N) is 1. The van der Waals surface area contributed by atoms with E-state index < -0.39 is 0 Å². The third kappa shape index (κ3) is 4.67. The lowest BCUT2D eigenvalue weighted by atomic mass is 9.98. The molecular formula is C23H21FN2O. The van der Waals surface area contributed by atoms with Gasteiger partial charge in [0.2, 0.25) is 5.91 Å². The number of benzene rings is 2. The summed E-state index contributed by atoms with van der Waals surface area (Å²) in [5, 5.41) is 2.92. The van der Waals surface area contributed by atoms with Crippen LogP contribution in [0.3, 0.4) is 0 Å². The van der Waals surface area contributed by atoms with Gasteiger partial charge in [0, 0.05) is 29.6 Å². The zero-order valence-corrected chi connectivity index (χ0v) is 15.3. The minimum absolute atomic E-state index is 0.181. The quantitative estimate of drug-likeness (QED) is 0.644. The van der Waals surface area contributed by atoms with E-state index in [1.165, 1.54) is 18.2 Å². The fourth-order valence-electron chi connectivity index (χ4n) is 2.86. The zero-order valence-electron chi connectivity index (χ0n) is 15.3. The summed E-state index contributed by atoms with van der Waals surface area (Å²) in [6.07, 6.45) is 6.44. The Bertz CT molecular complexity index is 981. The molecule has 0 bridgehead atoms. The Morgan fingerprint density at radius 1 is 1.15 bits per heavy atom. The molecule has 3 rings (SSSR count). The Hall–Kier alpha value is -3.27. The van der Waals surface area contributed by atoms with Gasteiger partial charge in [-0.3, -0.25) is 9.78 Å².